The maximum atomic E-state index is 13.8. The van der Waals surface area contributed by atoms with E-state index in [1.54, 1.807) is 12.1 Å². The van der Waals surface area contributed by atoms with E-state index in [1.807, 2.05) is 36.6 Å². The Morgan fingerprint density at radius 3 is 2.65 bits per heavy atom. The van der Waals surface area contributed by atoms with Crippen LogP contribution in [0, 0.1) is 19.7 Å². The van der Waals surface area contributed by atoms with Gasteiger partial charge in [-0.25, -0.2) is 4.39 Å². The largest absolute Gasteiger partial charge is 0.485 e. The number of thioether (sulfide) groups is 1. The molecule has 0 unspecified atom stereocenters. The highest BCUT2D eigenvalue weighted by Gasteiger charge is 2.13. The molecule has 136 valence electrons. The summed E-state index contributed by atoms with van der Waals surface area (Å²) in [5, 5.41) is 9.29. The van der Waals surface area contributed by atoms with Crippen LogP contribution in [0.2, 0.25) is 0 Å². The molecule has 0 N–H and O–H groups in total. The third-order valence-corrected chi connectivity index (χ3v) is 5.35. The summed E-state index contributed by atoms with van der Waals surface area (Å²) < 4.78 is 21.7. The molecule has 0 saturated carbocycles. The average Bonchev–Trinajstić information content (AvgIpc) is 3.04. The van der Waals surface area contributed by atoms with Crippen LogP contribution in [0.3, 0.4) is 0 Å². The second-order valence-electron chi connectivity index (χ2n) is 6.01. The number of benzene rings is 2. The van der Waals surface area contributed by atoms with Gasteiger partial charge in [0.25, 0.3) is 0 Å². The molecule has 26 heavy (non-hydrogen) atoms. The van der Waals surface area contributed by atoms with Gasteiger partial charge in [0, 0.05) is 12.3 Å². The highest BCUT2D eigenvalue weighted by atomic mass is 32.2. The molecule has 3 aromatic rings. The number of aromatic nitrogens is 3. The minimum atomic E-state index is -0.193. The number of ether oxygens (including phenoxy) is 1. The van der Waals surface area contributed by atoms with Gasteiger partial charge in [0.05, 0.1) is 0 Å². The van der Waals surface area contributed by atoms with Crippen LogP contribution in [0.25, 0.3) is 0 Å². The van der Waals surface area contributed by atoms with Crippen molar-refractivity contribution in [1.82, 2.24) is 14.8 Å². The fourth-order valence-corrected chi connectivity index (χ4v) is 3.64. The first kappa shape index (κ1) is 18.5. The molecule has 2 aromatic carbocycles. The molecular weight excluding hydrogens is 349 g/mol. The van der Waals surface area contributed by atoms with Gasteiger partial charge in [-0.15, -0.1) is 10.2 Å². The van der Waals surface area contributed by atoms with Crippen molar-refractivity contribution in [2.24, 2.45) is 0 Å². The summed E-state index contributed by atoms with van der Waals surface area (Å²) in [6, 6.07) is 12.8. The van der Waals surface area contributed by atoms with Crippen LogP contribution in [0.4, 0.5) is 4.39 Å². The van der Waals surface area contributed by atoms with Crippen LogP contribution < -0.4 is 4.74 Å². The average molecular weight is 371 g/mol. The summed E-state index contributed by atoms with van der Waals surface area (Å²) in [5.74, 6) is 1.95. The zero-order valence-electron chi connectivity index (χ0n) is 15.2. The van der Waals surface area contributed by atoms with Crippen molar-refractivity contribution in [3.63, 3.8) is 0 Å². The first-order valence-electron chi connectivity index (χ1n) is 8.57. The fraction of sp³-hybridized carbons (Fsp3) is 0.300. The van der Waals surface area contributed by atoms with E-state index in [1.165, 1.54) is 23.4 Å². The first-order valence-corrected chi connectivity index (χ1v) is 9.56. The monoisotopic (exact) mass is 371 g/mol. The Balaban J connectivity index is 1.70. The van der Waals surface area contributed by atoms with E-state index in [4.69, 9.17) is 4.74 Å². The van der Waals surface area contributed by atoms with Crippen molar-refractivity contribution in [3.05, 3.63) is 70.8 Å². The van der Waals surface area contributed by atoms with Crippen LogP contribution >= 0.6 is 11.8 Å². The summed E-state index contributed by atoms with van der Waals surface area (Å²) in [4.78, 5) is 0. The zero-order chi connectivity index (χ0) is 18.5. The van der Waals surface area contributed by atoms with Crippen LogP contribution in [-0.4, -0.2) is 14.8 Å². The third-order valence-electron chi connectivity index (χ3n) is 4.34. The van der Waals surface area contributed by atoms with Crippen molar-refractivity contribution in [3.8, 4) is 5.75 Å². The van der Waals surface area contributed by atoms with E-state index in [-0.39, 0.29) is 5.82 Å². The maximum absolute atomic E-state index is 13.8. The molecule has 1 heterocycles. The lowest BCUT2D eigenvalue weighted by molar-refractivity contribution is 0.286. The molecule has 0 atom stereocenters. The van der Waals surface area contributed by atoms with Gasteiger partial charge >= 0.3 is 0 Å². The lowest BCUT2D eigenvalue weighted by atomic mass is 10.1. The summed E-state index contributed by atoms with van der Waals surface area (Å²) in [6.45, 7) is 7.24. The molecule has 1 aromatic heterocycles. The predicted octanol–water partition coefficient (Wildman–Crippen LogP) is 4.93. The van der Waals surface area contributed by atoms with Crippen molar-refractivity contribution < 1.29 is 9.13 Å². The molecular formula is C20H22FN3OS. The maximum Gasteiger partial charge on any atom is 0.191 e. The molecule has 0 spiro atoms. The van der Waals surface area contributed by atoms with Crippen LogP contribution in [-0.2, 0) is 18.9 Å². The molecule has 0 aliphatic carbocycles. The number of aryl methyl sites for hydroxylation is 1. The second kappa shape index (κ2) is 8.36. The zero-order valence-corrected chi connectivity index (χ0v) is 16.0. The minimum absolute atomic E-state index is 0.193. The fourth-order valence-electron chi connectivity index (χ4n) is 2.63. The predicted molar refractivity (Wildman–Crippen MR) is 102 cm³/mol. The molecule has 0 fully saturated rings. The summed E-state index contributed by atoms with van der Waals surface area (Å²) in [6.07, 6.45) is 0. The third kappa shape index (κ3) is 4.07. The molecule has 0 radical (unpaired) electrons. The molecule has 0 aliphatic heterocycles. The topological polar surface area (TPSA) is 39.9 Å². The first-order chi connectivity index (χ1) is 12.6. The highest BCUT2D eigenvalue weighted by Crippen LogP contribution is 2.25. The van der Waals surface area contributed by atoms with E-state index in [0.717, 1.165) is 28.8 Å². The standard InChI is InChI=1S/C20H22FN3OS/c1-4-24-19(12-25-18-11-7-8-14(2)15(18)3)22-23-20(24)26-13-16-9-5-6-10-17(16)21/h5-11H,4,12-13H2,1-3H3. The molecule has 4 nitrogen and oxygen atoms in total. The lowest BCUT2D eigenvalue weighted by Gasteiger charge is -2.11. The van der Waals surface area contributed by atoms with Crippen LogP contribution in [0.5, 0.6) is 5.75 Å². The smallest absolute Gasteiger partial charge is 0.191 e. The number of rotatable bonds is 7. The van der Waals surface area contributed by atoms with Crippen molar-refractivity contribution in [2.45, 2.75) is 44.8 Å². The Hall–Kier alpha value is -2.34. The van der Waals surface area contributed by atoms with Crippen molar-refractivity contribution in [2.75, 3.05) is 0 Å². The summed E-state index contributed by atoms with van der Waals surface area (Å²) in [5.41, 5.74) is 2.99. The van der Waals surface area contributed by atoms with Gasteiger partial charge in [0.1, 0.15) is 18.2 Å². The van der Waals surface area contributed by atoms with E-state index in [9.17, 15) is 4.39 Å². The Morgan fingerprint density at radius 1 is 1.08 bits per heavy atom. The quantitative estimate of drug-likeness (QED) is 0.553. The summed E-state index contributed by atoms with van der Waals surface area (Å²) >= 11 is 1.48. The van der Waals surface area contributed by atoms with E-state index in [0.29, 0.717) is 17.9 Å². The summed E-state index contributed by atoms with van der Waals surface area (Å²) in [7, 11) is 0. The van der Waals surface area contributed by atoms with E-state index < -0.39 is 0 Å². The van der Waals surface area contributed by atoms with Gasteiger partial charge < -0.3 is 9.30 Å². The number of hydrogen-bond donors (Lipinski definition) is 0. The minimum Gasteiger partial charge on any atom is -0.485 e. The number of halogens is 1. The molecule has 6 heteroatoms. The van der Waals surface area contributed by atoms with E-state index in [2.05, 4.69) is 23.2 Å². The van der Waals surface area contributed by atoms with Crippen molar-refractivity contribution >= 4 is 11.8 Å². The SMILES string of the molecule is CCn1c(COc2cccc(C)c2C)nnc1SCc1ccccc1F. The Morgan fingerprint density at radius 2 is 1.88 bits per heavy atom. The Bertz CT molecular complexity index is 895. The lowest BCUT2D eigenvalue weighted by Crippen LogP contribution is -2.07. The number of nitrogens with zero attached hydrogens (tertiary/aromatic N) is 3. The van der Waals surface area contributed by atoms with Crippen molar-refractivity contribution in [1.29, 1.82) is 0 Å². The Labute approximate surface area is 157 Å². The Kier molecular flexibility index (Phi) is 5.93. The molecule has 0 saturated heterocycles. The van der Waals surface area contributed by atoms with Gasteiger partial charge in [-0.2, -0.15) is 0 Å². The van der Waals surface area contributed by atoms with Gasteiger partial charge in [-0.05, 0) is 49.6 Å². The van der Waals surface area contributed by atoms with Gasteiger partial charge in [-0.3, -0.25) is 0 Å². The van der Waals surface area contributed by atoms with Crippen LogP contribution in [0.1, 0.15) is 29.4 Å². The van der Waals surface area contributed by atoms with Crippen LogP contribution in [0.15, 0.2) is 47.6 Å². The molecule has 3 rings (SSSR count). The second-order valence-corrected chi connectivity index (χ2v) is 6.95. The van der Waals surface area contributed by atoms with Gasteiger partial charge in [-0.1, -0.05) is 42.1 Å². The van der Waals surface area contributed by atoms with Gasteiger partial charge in [0.15, 0.2) is 11.0 Å². The van der Waals surface area contributed by atoms with E-state index >= 15 is 0 Å². The highest BCUT2D eigenvalue weighted by molar-refractivity contribution is 7.98. The molecule has 0 amide bonds. The van der Waals surface area contributed by atoms with Gasteiger partial charge in [0.2, 0.25) is 0 Å². The number of hydrogen-bond acceptors (Lipinski definition) is 4. The normalized spacial score (nSPS) is 10.9. The molecule has 0 aliphatic rings. The molecule has 0 bridgehead atoms.